The zero-order chi connectivity index (χ0) is 17.9. The Balaban J connectivity index is 2.07. The number of nitrogens with one attached hydrogen (secondary N) is 1. The summed E-state index contributed by atoms with van der Waals surface area (Å²) in [5, 5.41) is 12.7. The number of carbonyl (C=O) groups excluding carboxylic acids is 1. The van der Waals surface area contributed by atoms with Crippen molar-refractivity contribution in [3.8, 4) is 0 Å². The van der Waals surface area contributed by atoms with Crippen molar-refractivity contribution in [2.45, 2.75) is 40.2 Å². The van der Waals surface area contributed by atoms with Crippen LogP contribution in [0.2, 0.25) is 0 Å². The minimum absolute atomic E-state index is 0.0800. The maximum atomic E-state index is 12.6. The lowest BCUT2D eigenvalue weighted by atomic mass is 9.84. The Morgan fingerprint density at radius 2 is 1.92 bits per heavy atom. The number of carboxylic acids is 1. The van der Waals surface area contributed by atoms with Crippen LogP contribution in [0.5, 0.6) is 0 Å². The maximum Gasteiger partial charge on any atom is 0.347 e. The summed E-state index contributed by atoms with van der Waals surface area (Å²) in [5.74, 6) is -1.07. The quantitative estimate of drug-likeness (QED) is 0.837. The van der Waals surface area contributed by atoms with E-state index in [9.17, 15) is 9.59 Å². The zero-order valence-corrected chi connectivity index (χ0v) is 15.1. The van der Waals surface area contributed by atoms with Gasteiger partial charge in [-0.15, -0.1) is 11.3 Å². The predicted molar refractivity (Wildman–Crippen MR) is 94.3 cm³/mol. The molecule has 0 aliphatic heterocycles. The summed E-state index contributed by atoms with van der Waals surface area (Å²) in [5.41, 5.74) is 1.01. The van der Waals surface area contributed by atoms with E-state index in [0.29, 0.717) is 17.1 Å². The SMILES string of the molecule is Cc1nc(C(C)NC(=O)C(C)(C)Cc2ccccc2)sc1C(=O)O. The van der Waals surface area contributed by atoms with E-state index in [1.54, 1.807) is 6.92 Å². The molecule has 1 heterocycles. The molecule has 0 aliphatic carbocycles. The van der Waals surface area contributed by atoms with Crippen molar-refractivity contribution in [1.82, 2.24) is 10.3 Å². The summed E-state index contributed by atoms with van der Waals surface area (Å²) in [6, 6.07) is 9.53. The highest BCUT2D eigenvalue weighted by Crippen LogP contribution is 2.26. The summed E-state index contributed by atoms with van der Waals surface area (Å²) >= 11 is 1.11. The first kappa shape index (κ1) is 18.1. The lowest BCUT2D eigenvalue weighted by Gasteiger charge is -2.25. The number of amides is 1. The lowest BCUT2D eigenvalue weighted by molar-refractivity contribution is -0.130. The first-order chi connectivity index (χ1) is 11.2. The molecule has 1 aromatic heterocycles. The number of aromatic carboxylic acids is 1. The van der Waals surface area contributed by atoms with Crippen molar-refractivity contribution in [2.75, 3.05) is 0 Å². The van der Waals surface area contributed by atoms with E-state index in [-0.39, 0.29) is 16.8 Å². The van der Waals surface area contributed by atoms with Crippen molar-refractivity contribution < 1.29 is 14.7 Å². The maximum absolute atomic E-state index is 12.6. The Hall–Kier alpha value is -2.21. The molecule has 0 saturated carbocycles. The predicted octanol–water partition coefficient (Wildman–Crippen LogP) is 3.60. The standard InChI is InChI=1S/C18H22N2O3S/c1-11-14(16(21)22)24-15(19-11)12(2)20-17(23)18(3,4)10-13-8-6-5-7-9-13/h5-9,12H,10H2,1-4H3,(H,20,23)(H,21,22). The molecule has 24 heavy (non-hydrogen) atoms. The molecule has 1 atom stereocenters. The average Bonchev–Trinajstić information content (AvgIpc) is 2.90. The Morgan fingerprint density at radius 1 is 1.29 bits per heavy atom. The Morgan fingerprint density at radius 3 is 2.46 bits per heavy atom. The smallest absolute Gasteiger partial charge is 0.347 e. The van der Waals surface area contributed by atoms with Gasteiger partial charge in [-0.2, -0.15) is 0 Å². The first-order valence-corrected chi connectivity index (χ1v) is 8.58. The molecule has 6 heteroatoms. The molecule has 128 valence electrons. The third kappa shape index (κ3) is 4.20. The second-order valence-electron chi connectivity index (χ2n) is 6.51. The molecule has 0 fully saturated rings. The van der Waals surface area contributed by atoms with Gasteiger partial charge < -0.3 is 10.4 Å². The summed E-state index contributed by atoms with van der Waals surface area (Å²) < 4.78 is 0. The van der Waals surface area contributed by atoms with Crippen LogP contribution in [-0.2, 0) is 11.2 Å². The van der Waals surface area contributed by atoms with Crippen molar-refractivity contribution >= 4 is 23.2 Å². The molecule has 0 radical (unpaired) electrons. The van der Waals surface area contributed by atoms with Gasteiger partial charge in [-0.25, -0.2) is 9.78 Å². The number of thiazole rings is 1. The van der Waals surface area contributed by atoms with Crippen molar-refractivity contribution in [3.05, 3.63) is 51.5 Å². The molecule has 1 amide bonds. The topological polar surface area (TPSA) is 79.3 Å². The second-order valence-corrected chi connectivity index (χ2v) is 7.54. The van der Waals surface area contributed by atoms with Crippen LogP contribution in [0.4, 0.5) is 0 Å². The van der Waals surface area contributed by atoms with Crippen molar-refractivity contribution in [1.29, 1.82) is 0 Å². The van der Waals surface area contributed by atoms with Crippen LogP contribution >= 0.6 is 11.3 Å². The van der Waals surface area contributed by atoms with Crippen LogP contribution in [0.1, 0.15) is 52.7 Å². The number of carbonyl (C=O) groups is 2. The molecule has 0 spiro atoms. The van der Waals surface area contributed by atoms with Crippen molar-refractivity contribution in [2.24, 2.45) is 5.41 Å². The normalized spacial score (nSPS) is 12.7. The van der Waals surface area contributed by atoms with Gasteiger partial charge in [0.05, 0.1) is 11.7 Å². The molecule has 0 aliphatic rings. The fraction of sp³-hybridized carbons (Fsp3) is 0.389. The number of carboxylic acid groups (broad SMARTS) is 1. The molecular formula is C18H22N2O3S. The fourth-order valence-electron chi connectivity index (χ4n) is 2.44. The van der Waals surface area contributed by atoms with Gasteiger partial charge in [0, 0.05) is 5.41 Å². The van der Waals surface area contributed by atoms with Gasteiger partial charge in [0.1, 0.15) is 9.88 Å². The highest BCUT2D eigenvalue weighted by molar-refractivity contribution is 7.13. The summed E-state index contributed by atoms with van der Waals surface area (Å²) in [4.78, 5) is 28.2. The molecule has 1 aromatic carbocycles. The van der Waals surface area contributed by atoms with Gasteiger partial charge in [0.2, 0.25) is 5.91 Å². The molecule has 1 unspecified atom stereocenters. The van der Waals surface area contributed by atoms with Crippen LogP contribution < -0.4 is 5.32 Å². The fourth-order valence-corrected chi connectivity index (χ4v) is 3.35. The highest BCUT2D eigenvalue weighted by Gasteiger charge is 2.30. The summed E-state index contributed by atoms with van der Waals surface area (Å²) in [6.07, 6.45) is 0.629. The van der Waals surface area contributed by atoms with Gasteiger partial charge >= 0.3 is 5.97 Å². The van der Waals surface area contributed by atoms with Gasteiger partial charge in [0.25, 0.3) is 0 Å². The van der Waals surface area contributed by atoms with E-state index in [1.807, 2.05) is 51.1 Å². The molecule has 0 saturated heterocycles. The third-order valence-corrected chi connectivity index (χ3v) is 5.16. The number of hydrogen-bond acceptors (Lipinski definition) is 4. The number of aryl methyl sites for hydroxylation is 1. The number of benzene rings is 1. The van der Waals surface area contributed by atoms with Crippen LogP contribution in [0.15, 0.2) is 30.3 Å². The molecule has 0 bridgehead atoms. The molecular weight excluding hydrogens is 324 g/mol. The Bertz CT molecular complexity index is 738. The van der Waals surface area contributed by atoms with E-state index in [4.69, 9.17) is 5.11 Å². The van der Waals surface area contributed by atoms with Crippen molar-refractivity contribution in [3.63, 3.8) is 0 Å². The van der Waals surface area contributed by atoms with E-state index in [2.05, 4.69) is 10.3 Å². The minimum Gasteiger partial charge on any atom is -0.477 e. The molecule has 5 nitrogen and oxygen atoms in total. The molecule has 2 rings (SSSR count). The number of hydrogen-bond donors (Lipinski definition) is 2. The molecule has 2 N–H and O–H groups in total. The van der Waals surface area contributed by atoms with E-state index >= 15 is 0 Å². The summed E-state index contributed by atoms with van der Waals surface area (Å²) in [6.45, 7) is 7.29. The van der Waals surface area contributed by atoms with Gasteiger partial charge in [-0.1, -0.05) is 44.2 Å². The number of aromatic nitrogens is 1. The number of rotatable bonds is 6. The van der Waals surface area contributed by atoms with E-state index in [1.165, 1.54) is 0 Å². The average molecular weight is 346 g/mol. The second kappa shape index (κ2) is 7.13. The van der Waals surface area contributed by atoms with Crippen LogP contribution in [0.25, 0.3) is 0 Å². The summed E-state index contributed by atoms with van der Waals surface area (Å²) in [7, 11) is 0. The molecule has 2 aromatic rings. The largest absolute Gasteiger partial charge is 0.477 e. The van der Waals surface area contributed by atoms with Gasteiger partial charge in [-0.3, -0.25) is 4.79 Å². The zero-order valence-electron chi connectivity index (χ0n) is 14.3. The Labute approximate surface area is 145 Å². The van der Waals surface area contributed by atoms with E-state index < -0.39 is 11.4 Å². The highest BCUT2D eigenvalue weighted by atomic mass is 32.1. The monoisotopic (exact) mass is 346 g/mol. The third-order valence-electron chi connectivity index (χ3n) is 3.83. The number of nitrogens with zero attached hydrogens (tertiary/aromatic N) is 1. The first-order valence-electron chi connectivity index (χ1n) is 7.76. The minimum atomic E-state index is -0.987. The van der Waals surface area contributed by atoms with Crippen LogP contribution in [-0.4, -0.2) is 22.0 Å². The Kier molecular flexibility index (Phi) is 5.39. The van der Waals surface area contributed by atoms with Crippen LogP contribution in [0, 0.1) is 12.3 Å². The lowest BCUT2D eigenvalue weighted by Crippen LogP contribution is -2.39. The van der Waals surface area contributed by atoms with Gasteiger partial charge in [0.15, 0.2) is 0 Å². The van der Waals surface area contributed by atoms with Gasteiger partial charge in [-0.05, 0) is 25.8 Å². The van der Waals surface area contributed by atoms with Crippen LogP contribution in [0.3, 0.4) is 0 Å². The van der Waals surface area contributed by atoms with E-state index in [0.717, 1.165) is 16.9 Å².